The SMILES string of the molecule is O=C(c1cc(C2CCN(Cc3ccccc3Cl)CC2)no1)N1CCOCC1. The molecule has 2 fully saturated rings. The summed E-state index contributed by atoms with van der Waals surface area (Å²) in [7, 11) is 0. The Hall–Kier alpha value is -1.89. The summed E-state index contributed by atoms with van der Waals surface area (Å²) in [6.45, 7) is 5.20. The summed E-state index contributed by atoms with van der Waals surface area (Å²) in [6, 6.07) is 9.82. The highest BCUT2D eigenvalue weighted by molar-refractivity contribution is 6.31. The summed E-state index contributed by atoms with van der Waals surface area (Å²) in [4.78, 5) is 16.7. The number of carbonyl (C=O) groups excluding carboxylic acids is 1. The quantitative estimate of drug-likeness (QED) is 0.803. The monoisotopic (exact) mass is 389 g/mol. The predicted molar refractivity (Wildman–Crippen MR) is 102 cm³/mol. The molecule has 1 amide bonds. The Bertz CT molecular complexity index is 780. The van der Waals surface area contributed by atoms with Crippen LogP contribution in [0.4, 0.5) is 0 Å². The molecule has 6 nitrogen and oxygen atoms in total. The van der Waals surface area contributed by atoms with Crippen LogP contribution in [0.25, 0.3) is 0 Å². The van der Waals surface area contributed by atoms with E-state index in [0.717, 1.165) is 48.8 Å². The molecule has 2 aliphatic rings. The van der Waals surface area contributed by atoms with Gasteiger partial charge in [-0.15, -0.1) is 0 Å². The summed E-state index contributed by atoms with van der Waals surface area (Å²) in [5.74, 6) is 0.584. The molecule has 2 saturated heterocycles. The van der Waals surface area contributed by atoms with E-state index < -0.39 is 0 Å². The van der Waals surface area contributed by atoms with E-state index in [9.17, 15) is 4.79 Å². The highest BCUT2D eigenvalue weighted by Gasteiger charge is 2.27. The van der Waals surface area contributed by atoms with E-state index in [1.54, 1.807) is 4.90 Å². The smallest absolute Gasteiger partial charge is 0.292 e. The lowest BCUT2D eigenvalue weighted by Gasteiger charge is -2.31. The Morgan fingerprint density at radius 3 is 2.63 bits per heavy atom. The zero-order chi connectivity index (χ0) is 18.6. The second kappa shape index (κ2) is 8.42. The number of rotatable bonds is 4. The van der Waals surface area contributed by atoms with Gasteiger partial charge in [0.25, 0.3) is 5.91 Å². The molecule has 0 aliphatic carbocycles. The van der Waals surface area contributed by atoms with Gasteiger partial charge in [-0.2, -0.15) is 0 Å². The summed E-state index contributed by atoms with van der Waals surface area (Å²) in [6.07, 6.45) is 2.00. The second-order valence-electron chi connectivity index (χ2n) is 7.16. The third-order valence-electron chi connectivity index (χ3n) is 5.40. The van der Waals surface area contributed by atoms with Crippen molar-refractivity contribution in [2.45, 2.75) is 25.3 Å². The van der Waals surface area contributed by atoms with Gasteiger partial charge in [0, 0.05) is 36.6 Å². The topological polar surface area (TPSA) is 58.8 Å². The fraction of sp³-hybridized carbons (Fsp3) is 0.500. The molecule has 2 aliphatic heterocycles. The highest BCUT2D eigenvalue weighted by atomic mass is 35.5. The van der Waals surface area contributed by atoms with E-state index >= 15 is 0 Å². The van der Waals surface area contributed by atoms with Crippen molar-refractivity contribution in [3.8, 4) is 0 Å². The normalized spacial score (nSPS) is 19.4. The lowest BCUT2D eigenvalue weighted by molar-refractivity contribution is 0.0277. The van der Waals surface area contributed by atoms with Gasteiger partial charge >= 0.3 is 0 Å². The van der Waals surface area contributed by atoms with Crippen LogP contribution < -0.4 is 0 Å². The number of carbonyl (C=O) groups is 1. The van der Waals surface area contributed by atoms with Crippen LogP contribution in [0, 0.1) is 0 Å². The van der Waals surface area contributed by atoms with E-state index in [0.29, 0.717) is 38.0 Å². The minimum Gasteiger partial charge on any atom is -0.378 e. The molecule has 0 saturated carbocycles. The number of hydrogen-bond acceptors (Lipinski definition) is 5. The fourth-order valence-corrected chi connectivity index (χ4v) is 3.95. The van der Waals surface area contributed by atoms with E-state index in [-0.39, 0.29) is 5.91 Å². The first-order chi connectivity index (χ1) is 13.2. The number of hydrogen-bond donors (Lipinski definition) is 0. The first-order valence-electron chi connectivity index (χ1n) is 9.50. The molecule has 0 atom stereocenters. The second-order valence-corrected chi connectivity index (χ2v) is 7.57. The van der Waals surface area contributed by atoms with Gasteiger partial charge in [0.15, 0.2) is 0 Å². The third kappa shape index (κ3) is 4.34. The largest absolute Gasteiger partial charge is 0.378 e. The standard InChI is InChI=1S/C20H24ClN3O3/c21-17-4-2-1-3-16(17)14-23-7-5-15(6-8-23)18-13-19(27-22-18)20(25)24-9-11-26-12-10-24/h1-4,13,15H,5-12,14H2. The molecule has 0 radical (unpaired) electrons. The van der Waals surface area contributed by atoms with E-state index in [1.807, 2.05) is 24.3 Å². The number of nitrogens with zero attached hydrogens (tertiary/aromatic N) is 3. The molecule has 3 heterocycles. The molecule has 0 spiro atoms. The molecule has 27 heavy (non-hydrogen) atoms. The van der Waals surface area contributed by atoms with Crippen LogP contribution in [0.15, 0.2) is 34.9 Å². The number of halogens is 1. The average molecular weight is 390 g/mol. The summed E-state index contributed by atoms with van der Waals surface area (Å²) in [5, 5.41) is 5.01. The van der Waals surface area contributed by atoms with Crippen molar-refractivity contribution in [3.63, 3.8) is 0 Å². The zero-order valence-corrected chi connectivity index (χ0v) is 16.0. The van der Waals surface area contributed by atoms with Gasteiger partial charge in [-0.1, -0.05) is 35.0 Å². The number of amides is 1. The lowest BCUT2D eigenvalue weighted by atomic mass is 9.93. The van der Waals surface area contributed by atoms with Crippen LogP contribution in [0.3, 0.4) is 0 Å². The summed E-state index contributed by atoms with van der Waals surface area (Å²) >= 11 is 6.27. The molecule has 0 N–H and O–H groups in total. The van der Waals surface area contributed by atoms with Crippen molar-refractivity contribution in [2.24, 2.45) is 0 Å². The van der Waals surface area contributed by atoms with Crippen LogP contribution in [-0.4, -0.2) is 60.3 Å². The van der Waals surface area contributed by atoms with Crippen LogP contribution >= 0.6 is 11.6 Å². The molecule has 4 rings (SSSR count). The molecule has 1 aromatic heterocycles. The Morgan fingerprint density at radius 1 is 1.15 bits per heavy atom. The van der Waals surface area contributed by atoms with Crippen LogP contribution in [-0.2, 0) is 11.3 Å². The third-order valence-corrected chi connectivity index (χ3v) is 5.76. The number of benzene rings is 1. The Labute approximate surface area is 164 Å². The number of aromatic nitrogens is 1. The maximum atomic E-state index is 12.5. The van der Waals surface area contributed by atoms with Crippen LogP contribution in [0.2, 0.25) is 5.02 Å². The molecule has 7 heteroatoms. The van der Waals surface area contributed by atoms with Gasteiger partial charge in [-0.25, -0.2) is 0 Å². The lowest BCUT2D eigenvalue weighted by Crippen LogP contribution is -2.40. The first kappa shape index (κ1) is 18.5. The van der Waals surface area contributed by atoms with E-state index in [4.69, 9.17) is 20.9 Å². The van der Waals surface area contributed by atoms with Crippen molar-refractivity contribution in [1.29, 1.82) is 0 Å². The zero-order valence-electron chi connectivity index (χ0n) is 15.3. The average Bonchev–Trinajstić information content (AvgIpc) is 3.21. The fourth-order valence-electron chi connectivity index (χ4n) is 3.76. The van der Waals surface area contributed by atoms with Gasteiger partial charge in [0.1, 0.15) is 0 Å². The molecule has 0 bridgehead atoms. The molecule has 144 valence electrons. The molecule has 0 unspecified atom stereocenters. The van der Waals surface area contributed by atoms with Gasteiger partial charge in [0.2, 0.25) is 5.76 Å². The first-order valence-corrected chi connectivity index (χ1v) is 9.88. The number of piperidine rings is 1. The molecular formula is C20H24ClN3O3. The Morgan fingerprint density at radius 2 is 1.89 bits per heavy atom. The predicted octanol–water partition coefficient (Wildman–Crippen LogP) is 3.18. The number of ether oxygens (including phenoxy) is 1. The van der Waals surface area contributed by atoms with Crippen molar-refractivity contribution in [2.75, 3.05) is 39.4 Å². The van der Waals surface area contributed by atoms with E-state index in [2.05, 4.69) is 16.1 Å². The maximum absolute atomic E-state index is 12.5. The molecular weight excluding hydrogens is 366 g/mol. The number of morpholine rings is 1. The van der Waals surface area contributed by atoms with Crippen LogP contribution in [0.1, 0.15) is 40.6 Å². The van der Waals surface area contributed by atoms with Gasteiger partial charge in [0.05, 0.1) is 18.9 Å². The Kier molecular flexibility index (Phi) is 5.76. The Balaban J connectivity index is 1.33. The van der Waals surface area contributed by atoms with Crippen molar-refractivity contribution < 1.29 is 14.1 Å². The minimum atomic E-state index is -0.0896. The van der Waals surface area contributed by atoms with Crippen molar-refractivity contribution in [1.82, 2.24) is 15.0 Å². The van der Waals surface area contributed by atoms with Crippen molar-refractivity contribution in [3.05, 3.63) is 52.4 Å². The van der Waals surface area contributed by atoms with Gasteiger partial charge in [-0.3, -0.25) is 9.69 Å². The minimum absolute atomic E-state index is 0.0896. The maximum Gasteiger partial charge on any atom is 0.292 e. The van der Waals surface area contributed by atoms with Gasteiger partial charge < -0.3 is 14.2 Å². The summed E-state index contributed by atoms with van der Waals surface area (Å²) in [5.41, 5.74) is 2.06. The molecule has 2 aromatic rings. The number of likely N-dealkylation sites (tertiary alicyclic amines) is 1. The van der Waals surface area contributed by atoms with E-state index in [1.165, 1.54) is 0 Å². The summed E-state index contributed by atoms with van der Waals surface area (Å²) < 4.78 is 10.7. The molecule has 1 aromatic carbocycles. The van der Waals surface area contributed by atoms with Crippen LogP contribution in [0.5, 0.6) is 0 Å². The highest BCUT2D eigenvalue weighted by Crippen LogP contribution is 2.29. The van der Waals surface area contributed by atoms with Gasteiger partial charge in [-0.05, 0) is 37.6 Å². The van der Waals surface area contributed by atoms with Crippen molar-refractivity contribution >= 4 is 17.5 Å².